The maximum absolute atomic E-state index is 6.24. The minimum Gasteiger partial charge on any atom is -0.324 e. The van der Waals surface area contributed by atoms with Crippen LogP contribution in [0.5, 0.6) is 0 Å². The lowest BCUT2D eigenvalue weighted by molar-refractivity contribution is 0.563. The molecule has 1 unspecified atom stereocenters. The van der Waals surface area contributed by atoms with Crippen molar-refractivity contribution in [3.8, 4) is 0 Å². The van der Waals surface area contributed by atoms with Gasteiger partial charge in [0.1, 0.15) is 0 Å². The summed E-state index contributed by atoms with van der Waals surface area (Å²) in [6.07, 6.45) is 6.28. The summed E-state index contributed by atoms with van der Waals surface area (Å²) in [5.41, 5.74) is 9.12. The summed E-state index contributed by atoms with van der Waals surface area (Å²) in [7, 11) is 0. The predicted molar refractivity (Wildman–Crippen MR) is 80.8 cm³/mol. The van der Waals surface area contributed by atoms with E-state index in [2.05, 4.69) is 52.0 Å². The van der Waals surface area contributed by atoms with E-state index < -0.39 is 0 Å². The summed E-state index contributed by atoms with van der Waals surface area (Å²) in [6, 6.07) is 9.05. The van der Waals surface area contributed by atoms with Crippen molar-refractivity contribution in [2.24, 2.45) is 5.73 Å². The summed E-state index contributed by atoms with van der Waals surface area (Å²) in [5, 5.41) is 0. The Bertz CT molecular complexity index is 332. The Morgan fingerprint density at radius 3 is 2.11 bits per heavy atom. The van der Waals surface area contributed by atoms with Gasteiger partial charge in [0, 0.05) is 6.04 Å². The quantitative estimate of drug-likeness (QED) is 0.707. The molecular weight excluding hydrogens is 218 g/mol. The zero-order valence-electron chi connectivity index (χ0n) is 12.5. The molecule has 0 spiro atoms. The predicted octanol–water partition coefficient (Wildman–Crippen LogP) is 4.95. The van der Waals surface area contributed by atoms with Crippen LogP contribution in [0.15, 0.2) is 24.3 Å². The third-order valence-corrected chi connectivity index (χ3v) is 3.57. The van der Waals surface area contributed by atoms with E-state index in [-0.39, 0.29) is 11.5 Å². The maximum atomic E-state index is 6.24. The molecule has 0 aliphatic heterocycles. The standard InChI is InChI=1S/C17H29N/c1-5-6-7-8-9-16(18)14-10-12-15(13-11-14)17(2,3)4/h10-13,16H,5-9,18H2,1-4H3. The topological polar surface area (TPSA) is 26.0 Å². The van der Waals surface area contributed by atoms with Crippen LogP contribution in [0.3, 0.4) is 0 Å². The van der Waals surface area contributed by atoms with Gasteiger partial charge in [0.05, 0.1) is 0 Å². The van der Waals surface area contributed by atoms with E-state index in [1.165, 1.54) is 36.8 Å². The number of hydrogen-bond acceptors (Lipinski definition) is 1. The van der Waals surface area contributed by atoms with Crippen LogP contribution in [0.1, 0.15) is 77.0 Å². The maximum Gasteiger partial charge on any atom is 0.0294 e. The van der Waals surface area contributed by atoms with Gasteiger partial charge in [-0.1, -0.05) is 77.6 Å². The Morgan fingerprint density at radius 2 is 1.61 bits per heavy atom. The molecule has 0 radical (unpaired) electrons. The molecule has 102 valence electrons. The molecule has 18 heavy (non-hydrogen) atoms. The summed E-state index contributed by atoms with van der Waals surface area (Å²) in [5.74, 6) is 0. The van der Waals surface area contributed by atoms with E-state index in [0.717, 1.165) is 6.42 Å². The number of nitrogens with two attached hydrogens (primary N) is 1. The Morgan fingerprint density at radius 1 is 1.00 bits per heavy atom. The number of rotatable bonds is 6. The van der Waals surface area contributed by atoms with E-state index in [0.29, 0.717) is 0 Å². The lowest BCUT2D eigenvalue weighted by atomic mass is 9.86. The second-order valence-electron chi connectivity index (χ2n) is 6.33. The van der Waals surface area contributed by atoms with Gasteiger partial charge in [-0.2, -0.15) is 0 Å². The second kappa shape index (κ2) is 6.94. The largest absolute Gasteiger partial charge is 0.324 e. The van der Waals surface area contributed by atoms with Crippen molar-refractivity contribution in [2.75, 3.05) is 0 Å². The minimum absolute atomic E-state index is 0.205. The van der Waals surface area contributed by atoms with E-state index in [1.54, 1.807) is 0 Å². The Balaban J connectivity index is 2.51. The third-order valence-electron chi connectivity index (χ3n) is 3.57. The third kappa shape index (κ3) is 4.81. The highest BCUT2D eigenvalue weighted by atomic mass is 14.6. The van der Waals surface area contributed by atoms with Crippen LogP contribution in [0.25, 0.3) is 0 Å². The molecule has 0 saturated heterocycles. The highest BCUT2D eigenvalue weighted by molar-refractivity contribution is 5.29. The highest BCUT2D eigenvalue weighted by Gasteiger charge is 2.13. The highest BCUT2D eigenvalue weighted by Crippen LogP contribution is 2.24. The number of unbranched alkanes of at least 4 members (excludes halogenated alkanes) is 3. The monoisotopic (exact) mass is 247 g/mol. The first-order chi connectivity index (χ1) is 8.45. The average molecular weight is 247 g/mol. The van der Waals surface area contributed by atoms with Crippen molar-refractivity contribution < 1.29 is 0 Å². The first kappa shape index (κ1) is 15.2. The molecular formula is C17H29N. The fourth-order valence-corrected chi connectivity index (χ4v) is 2.19. The van der Waals surface area contributed by atoms with Crippen LogP contribution in [0.4, 0.5) is 0 Å². The van der Waals surface area contributed by atoms with Crippen LogP contribution in [-0.2, 0) is 5.41 Å². The lowest BCUT2D eigenvalue weighted by Crippen LogP contribution is -2.13. The van der Waals surface area contributed by atoms with Gasteiger partial charge in [0.25, 0.3) is 0 Å². The van der Waals surface area contributed by atoms with Gasteiger partial charge < -0.3 is 5.73 Å². The fourth-order valence-electron chi connectivity index (χ4n) is 2.19. The van der Waals surface area contributed by atoms with Crippen LogP contribution in [-0.4, -0.2) is 0 Å². The van der Waals surface area contributed by atoms with Crippen molar-refractivity contribution in [3.05, 3.63) is 35.4 Å². The Hall–Kier alpha value is -0.820. The molecule has 1 aromatic rings. The number of benzene rings is 1. The molecule has 1 heteroatoms. The molecule has 2 N–H and O–H groups in total. The van der Waals surface area contributed by atoms with Gasteiger partial charge in [0.15, 0.2) is 0 Å². The van der Waals surface area contributed by atoms with Gasteiger partial charge in [0.2, 0.25) is 0 Å². The summed E-state index contributed by atoms with van der Waals surface area (Å²) in [4.78, 5) is 0. The van der Waals surface area contributed by atoms with Crippen LogP contribution in [0, 0.1) is 0 Å². The van der Waals surface area contributed by atoms with Gasteiger partial charge in [-0.05, 0) is 23.0 Å². The van der Waals surface area contributed by atoms with Crippen LogP contribution < -0.4 is 5.73 Å². The molecule has 1 rings (SSSR count). The van der Waals surface area contributed by atoms with Gasteiger partial charge in [-0.25, -0.2) is 0 Å². The molecule has 1 nitrogen and oxygen atoms in total. The smallest absolute Gasteiger partial charge is 0.0294 e. The Labute approximate surface area is 113 Å². The van der Waals surface area contributed by atoms with E-state index >= 15 is 0 Å². The van der Waals surface area contributed by atoms with Crippen molar-refractivity contribution >= 4 is 0 Å². The molecule has 0 bridgehead atoms. The summed E-state index contributed by atoms with van der Waals surface area (Å²) >= 11 is 0. The van der Waals surface area contributed by atoms with Gasteiger partial charge >= 0.3 is 0 Å². The van der Waals surface area contributed by atoms with Crippen molar-refractivity contribution in [1.82, 2.24) is 0 Å². The van der Waals surface area contributed by atoms with Crippen LogP contribution in [0.2, 0.25) is 0 Å². The van der Waals surface area contributed by atoms with Gasteiger partial charge in [-0.15, -0.1) is 0 Å². The molecule has 0 aromatic heterocycles. The Kier molecular flexibility index (Phi) is 5.87. The zero-order valence-corrected chi connectivity index (χ0v) is 12.5. The normalized spacial score (nSPS) is 13.6. The average Bonchev–Trinajstić information content (AvgIpc) is 2.33. The minimum atomic E-state index is 0.205. The molecule has 0 fully saturated rings. The lowest BCUT2D eigenvalue weighted by Gasteiger charge is -2.20. The molecule has 0 aliphatic carbocycles. The van der Waals surface area contributed by atoms with E-state index in [1.807, 2.05) is 0 Å². The summed E-state index contributed by atoms with van der Waals surface area (Å²) < 4.78 is 0. The molecule has 1 aromatic carbocycles. The zero-order chi connectivity index (χ0) is 13.6. The van der Waals surface area contributed by atoms with E-state index in [4.69, 9.17) is 5.73 Å². The molecule has 0 amide bonds. The molecule has 1 atom stereocenters. The first-order valence-corrected chi connectivity index (χ1v) is 7.31. The molecule has 0 saturated carbocycles. The van der Waals surface area contributed by atoms with Crippen molar-refractivity contribution in [1.29, 1.82) is 0 Å². The van der Waals surface area contributed by atoms with Crippen LogP contribution >= 0.6 is 0 Å². The van der Waals surface area contributed by atoms with Gasteiger partial charge in [-0.3, -0.25) is 0 Å². The molecule has 0 aliphatic rings. The van der Waals surface area contributed by atoms with Crippen molar-refractivity contribution in [3.63, 3.8) is 0 Å². The fraction of sp³-hybridized carbons (Fsp3) is 0.647. The number of hydrogen-bond donors (Lipinski definition) is 1. The molecule has 0 heterocycles. The SMILES string of the molecule is CCCCCCC(N)c1ccc(C(C)(C)C)cc1. The first-order valence-electron chi connectivity index (χ1n) is 7.31. The van der Waals surface area contributed by atoms with E-state index in [9.17, 15) is 0 Å². The van der Waals surface area contributed by atoms with Crippen molar-refractivity contribution in [2.45, 2.75) is 71.3 Å². The summed E-state index contributed by atoms with van der Waals surface area (Å²) in [6.45, 7) is 8.97. The second-order valence-corrected chi connectivity index (χ2v) is 6.33.